The minimum absolute atomic E-state index is 0.688. The molecule has 16 heavy (non-hydrogen) atoms. The number of nitriles is 2. The lowest BCUT2D eigenvalue weighted by Gasteiger charge is -2.21. The van der Waals surface area contributed by atoms with E-state index in [0.717, 1.165) is 4.90 Å². The molecule has 1 amide bonds. The third-order valence-corrected chi connectivity index (χ3v) is 1.88. The smallest absolute Gasteiger partial charge is 0.349 e. The molecule has 0 radical (unpaired) electrons. The SMILES string of the molecule is CN(C)C(=O)CC(C#N)(C#N)CC(F)(F)F. The van der Waals surface area contributed by atoms with Gasteiger partial charge in [0.1, 0.15) is 0 Å². The zero-order chi connectivity index (χ0) is 13.0. The molecule has 0 saturated heterocycles. The number of carbonyl (C=O) groups is 1. The first-order valence-corrected chi connectivity index (χ1v) is 4.25. The van der Waals surface area contributed by atoms with Crippen LogP contribution < -0.4 is 0 Å². The van der Waals surface area contributed by atoms with Gasteiger partial charge in [-0.05, 0) is 0 Å². The normalized spacial score (nSPS) is 11.4. The fraction of sp³-hybridized carbons (Fsp3) is 0.667. The Bertz CT molecular complexity index is 334. The van der Waals surface area contributed by atoms with Gasteiger partial charge in [0.2, 0.25) is 5.91 Å². The summed E-state index contributed by atoms with van der Waals surface area (Å²) in [5, 5.41) is 17.3. The summed E-state index contributed by atoms with van der Waals surface area (Å²) in [6, 6.07) is 2.56. The Hall–Kier alpha value is -1.76. The monoisotopic (exact) mass is 233 g/mol. The van der Waals surface area contributed by atoms with Crippen molar-refractivity contribution in [2.24, 2.45) is 5.41 Å². The van der Waals surface area contributed by atoms with Crippen LogP contribution in [-0.4, -0.2) is 31.1 Å². The van der Waals surface area contributed by atoms with Gasteiger partial charge in [-0.3, -0.25) is 4.79 Å². The molecule has 0 heterocycles. The minimum atomic E-state index is -4.65. The highest BCUT2D eigenvalue weighted by Crippen LogP contribution is 2.35. The fourth-order valence-corrected chi connectivity index (χ4v) is 1.00. The number of amides is 1. The van der Waals surface area contributed by atoms with Crippen LogP contribution in [0, 0.1) is 28.1 Å². The van der Waals surface area contributed by atoms with Crippen LogP contribution in [0.3, 0.4) is 0 Å². The minimum Gasteiger partial charge on any atom is -0.349 e. The molecule has 0 aliphatic rings. The van der Waals surface area contributed by atoms with Crippen molar-refractivity contribution in [1.82, 2.24) is 4.90 Å². The van der Waals surface area contributed by atoms with Gasteiger partial charge in [-0.15, -0.1) is 0 Å². The molecule has 0 aliphatic heterocycles. The number of hydrogen-bond donors (Lipinski definition) is 0. The van der Waals surface area contributed by atoms with Crippen molar-refractivity contribution < 1.29 is 18.0 Å². The lowest BCUT2D eigenvalue weighted by atomic mass is 9.83. The maximum absolute atomic E-state index is 12.1. The Kier molecular flexibility index (Phi) is 4.31. The zero-order valence-corrected chi connectivity index (χ0v) is 8.80. The summed E-state index contributed by atoms with van der Waals surface area (Å²) < 4.78 is 36.4. The van der Waals surface area contributed by atoms with Crippen LogP contribution in [0.25, 0.3) is 0 Å². The molecule has 0 aromatic carbocycles. The largest absolute Gasteiger partial charge is 0.391 e. The third-order valence-electron chi connectivity index (χ3n) is 1.88. The molecule has 0 N–H and O–H groups in total. The van der Waals surface area contributed by atoms with Gasteiger partial charge in [0.15, 0.2) is 5.41 Å². The Morgan fingerprint density at radius 3 is 1.94 bits per heavy atom. The van der Waals surface area contributed by atoms with Crippen molar-refractivity contribution >= 4 is 5.91 Å². The molecule has 0 unspecified atom stereocenters. The highest BCUT2D eigenvalue weighted by Gasteiger charge is 2.45. The van der Waals surface area contributed by atoms with Crippen LogP contribution in [0.15, 0.2) is 0 Å². The molecule has 0 spiro atoms. The van der Waals surface area contributed by atoms with E-state index in [2.05, 4.69) is 0 Å². The van der Waals surface area contributed by atoms with Crippen molar-refractivity contribution in [2.45, 2.75) is 19.0 Å². The van der Waals surface area contributed by atoms with Crippen molar-refractivity contribution in [3.8, 4) is 12.1 Å². The quantitative estimate of drug-likeness (QED) is 0.740. The Balaban J connectivity index is 4.95. The molecule has 0 aromatic rings. The van der Waals surface area contributed by atoms with Gasteiger partial charge >= 0.3 is 6.18 Å². The highest BCUT2D eigenvalue weighted by atomic mass is 19.4. The van der Waals surface area contributed by atoms with Crippen LogP contribution in [0.4, 0.5) is 13.2 Å². The summed E-state index contributed by atoms with van der Waals surface area (Å²) in [5.41, 5.74) is -2.33. The maximum Gasteiger partial charge on any atom is 0.391 e. The van der Waals surface area contributed by atoms with Crippen LogP contribution in [0.1, 0.15) is 12.8 Å². The van der Waals surface area contributed by atoms with Crippen molar-refractivity contribution in [2.75, 3.05) is 14.1 Å². The molecule has 0 bridgehead atoms. The summed E-state index contributed by atoms with van der Waals surface area (Å²) in [4.78, 5) is 12.3. The van der Waals surface area contributed by atoms with E-state index in [1.807, 2.05) is 0 Å². The van der Waals surface area contributed by atoms with Crippen molar-refractivity contribution in [3.63, 3.8) is 0 Å². The molecule has 88 valence electrons. The van der Waals surface area contributed by atoms with E-state index < -0.39 is 30.3 Å². The number of carbonyl (C=O) groups excluding carboxylic acids is 1. The number of nitrogens with zero attached hydrogens (tertiary/aromatic N) is 3. The van der Waals surface area contributed by atoms with Crippen LogP contribution in [0.5, 0.6) is 0 Å². The first-order chi connectivity index (χ1) is 7.16. The van der Waals surface area contributed by atoms with E-state index in [4.69, 9.17) is 10.5 Å². The highest BCUT2D eigenvalue weighted by molar-refractivity contribution is 5.77. The molecule has 0 atom stereocenters. The Morgan fingerprint density at radius 1 is 1.25 bits per heavy atom. The summed E-state index contributed by atoms with van der Waals surface area (Å²) in [6.45, 7) is 0. The van der Waals surface area contributed by atoms with E-state index in [-0.39, 0.29) is 0 Å². The Labute approximate surface area is 90.9 Å². The molecule has 7 heteroatoms. The first kappa shape index (κ1) is 14.2. The summed E-state index contributed by atoms with van der Waals surface area (Å²) in [6.07, 6.45) is -7.02. The Morgan fingerprint density at radius 2 is 1.69 bits per heavy atom. The summed E-state index contributed by atoms with van der Waals surface area (Å²) >= 11 is 0. The van der Waals surface area contributed by atoms with E-state index >= 15 is 0 Å². The van der Waals surface area contributed by atoms with Crippen molar-refractivity contribution in [3.05, 3.63) is 0 Å². The number of rotatable bonds is 3. The van der Waals surface area contributed by atoms with E-state index in [0.29, 0.717) is 0 Å². The molecule has 4 nitrogen and oxygen atoms in total. The standard InChI is InChI=1S/C9H10F3N3O/c1-15(2)7(16)3-8(5-13,6-14)4-9(10,11)12/h3-4H2,1-2H3. The fourth-order valence-electron chi connectivity index (χ4n) is 1.00. The van der Waals surface area contributed by atoms with Crippen LogP contribution >= 0.6 is 0 Å². The molecular weight excluding hydrogens is 223 g/mol. The van der Waals surface area contributed by atoms with Gasteiger partial charge in [-0.1, -0.05) is 0 Å². The van der Waals surface area contributed by atoms with Gasteiger partial charge in [-0.25, -0.2) is 0 Å². The second-order valence-electron chi connectivity index (χ2n) is 3.56. The topological polar surface area (TPSA) is 67.9 Å². The van der Waals surface area contributed by atoms with Gasteiger partial charge < -0.3 is 4.90 Å². The van der Waals surface area contributed by atoms with E-state index in [1.165, 1.54) is 26.2 Å². The summed E-state index contributed by atoms with van der Waals surface area (Å²) in [5.74, 6) is -0.688. The van der Waals surface area contributed by atoms with Crippen LogP contribution in [-0.2, 0) is 4.79 Å². The number of alkyl halides is 3. The number of hydrogen-bond acceptors (Lipinski definition) is 3. The number of halogens is 3. The second-order valence-corrected chi connectivity index (χ2v) is 3.56. The van der Waals surface area contributed by atoms with Gasteiger partial charge in [0, 0.05) is 14.1 Å². The predicted octanol–water partition coefficient (Wildman–Crippen LogP) is 1.45. The predicted molar refractivity (Wildman–Crippen MR) is 47.6 cm³/mol. The molecule has 0 aromatic heterocycles. The lowest BCUT2D eigenvalue weighted by Crippen LogP contribution is -2.33. The van der Waals surface area contributed by atoms with Gasteiger partial charge in [0.05, 0.1) is 25.0 Å². The maximum atomic E-state index is 12.1. The average molecular weight is 233 g/mol. The van der Waals surface area contributed by atoms with Gasteiger partial charge in [0.25, 0.3) is 0 Å². The average Bonchev–Trinajstić information content (AvgIpc) is 2.14. The molecule has 0 saturated carbocycles. The third kappa shape index (κ3) is 4.18. The zero-order valence-electron chi connectivity index (χ0n) is 8.80. The van der Waals surface area contributed by atoms with E-state index in [1.54, 1.807) is 0 Å². The second kappa shape index (κ2) is 4.84. The molecular formula is C9H10F3N3O. The lowest BCUT2D eigenvalue weighted by molar-refractivity contribution is -0.150. The first-order valence-electron chi connectivity index (χ1n) is 4.25. The molecule has 0 fully saturated rings. The molecule has 0 rings (SSSR count). The van der Waals surface area contributed by atoms with E-state index in [9.17, 15) is 18.0 Å². The van der Waals surface area contributed by atoms with Crippen molar-refractivity contribution in [1.29, 1.82) is 10.5 Å². The summed E-state index contributed by atoms with van der Waals surface area (Å²) in [7, 11) is 2.69. The van der Waals surface area contributed by atoms with Gasteiger partial charge in [-0.2, -0.15) is 23.7 Å². The van der Waals surface area contributed by atoms with Crippen LogP contribution in [0.2, 0.25) is 0 Å². The molecule has 0 aliphatic carbocycles.